The molecular weight excluding hydrogens is 268 g/mol. The Balaban J connectivity index is 1.95. The number of carboxylic acids is 1. The van der Waals surface area contributed by atoms with Gasteiger partial charge < -0.3 is 10.0 Å². The molecule has 5 heteroatoms. The Morgan fingerprint density at radius 3 is 2.24 bits per heavy atom. The Kier molecular flexibility index (Phi) is 5.39. The van der Waals surface area contributed by atoms with Gasteiger partial charge in [0.15, 0.2) is 0 Å². The standard InChI is InChI=1S/C16H26N2O3/c1-3-12(2)17-8-10-18(11-9-17)15(19)13-6-4-5-7-14(13)16(20)21/h4-5,12-14H,3,6-11H2,1-2H3,(H,20,21). The van der Waals surface area contributed by atoms with Gasteiger partial charge in [-0.2, -0.15) is 0 Å². The number of carbonyl (C=O) groups excluding carboxylic acids is 1. The van der Waals surface area contributed by atoms with Gasteiger partial charge in [0.05, 0.1) is 11.8 Å². The summed E-state index contributed by atoms with van der Waals surface area (Å²) in [5, 5.41) is 9.29. The first-order valence-electron chi connectivity index (χ1n) is 7.95. The van der Waals surface area contributed by atoms with Crippen molar-refractivity contribution in [1.82, 2.24) is 9.80 Å². The molecule has 1 fully saturated rings. The van der Waals surface area contributed by atoms with E-state index in [0.717, 1.165) is 32.6 Å². The molecule has 1 N–H and O–H groups in total. The van der Waals surface area contributed by atoms with Crippen LogP contribution >= 0.6 is 0 Å². The average Bonchev–Trinajstić information content (AvgIpc) is 2.53. The molecule has 0 aromatic heterocycles. The Morgan fingerprint density at radius 1 is 1.14 bits per heavy atom. The van der Waals surface area contributed by atoms with Crippen molar-refractivity contribution in [3.63, 3.8) is 0 Å². The molecule has 0 bridgehead atoms. The van der Waals surface area contributed by atoms with Crippen LogP contribution in [0.4, 0.5) is 0 Å². The molecule has 0 aromatic carbocycles. The van der Waals surface area contributed by atoms with Crippen LogP contribution in [-0.2, 0) is 9.59 Å². The number of rotatable bonds is 4. The molecule has 3 atom stereocenters. The summed E-state index contributed by atoms with van der Waals surface area (Å²) in [5.41, 5.74) is 0. The van der Waals surface area contributed by atoms with Crippen LogP contribution in [-0.4, -0.2) is 59.0 Å². The smallest absolute Gasteiger partial charge is 0.307 e. The zero-order valence-electron chi connectivity index (χ0n) is 13.0. The van der Waals surface area contributed by atoms with Crippen LogP contribution in [0.15, 0.2) is 12.2 Å². The first-order chi connectivity index (χ1) is 10.0. The van der Waals surface area contributed by atoms with E-state index in [-0.39, 0.29) is 11.8 Å². The number of carboxylic acid groups (broad SMARTS) is 1. The van der Waals surface area contributed by atoms with Crippen LogP contribution in [0, 0.1) is 11.8 Å². The second-order valence-electron chi connectivity index (χ2n) is 6.11. The summed E-state index contributed by atoms with van der Waals surface area (Å²) in [6.07, 6.45) is 5.96. The SMILES string of the molecule is CCC(C)N1CCN(C(=O)C2CC=CCC2C(=O)O)CC1. The number of piperazine rings is 1. The minimum absolute atomic E-state index is 0.0237. The van der Waals surface area contributed by atoms with E-state index in [1.54, 1.807) is 0 Å². The highest BCUT2D eigenvalue weighted by atomic mass is 16.4. The zero-order chi connectivity index (χ0) is 15.4. The van der Waals surface area contributed by atoms with Crippen LogP contribution in [0.5, 0.6) is 0 Å². The van der Waals surface area contributed by atoms with Gasteiger partial charge in [0, 0.05) is 32.2 Å². The largest absolute Gasteiger partial charge is 0.481 e. The molecule has 21 heavy (non-hydrogen) atoms. The van der Waals surface area contributed by atoms with Crippen LogP contribution in [0.2, 0.25) is 0 Å². The summed E-state index contributed by atoms with van der Waals surface area (Å²) in [6.45, 7) is 7.60. The topological polar surface area (TPSA) is 60.9 Å². The third-order valence-corrected chi connectivity index (χ3v) is 4.91. The number of allylic oxidation sites excluding steroid dienone is 2. The monoisotopic (exact) mass is 294 g/mol. The number of nitrogens with zero attached hydrogens (tertiary/aromatic N) is 2. The zero-order valence-corrected chi connectivity index (χ0v) is 13.0. The lowest BCUT2D eigenvalue weighted by molar-refractivity contribution is -0.151. The van der Waals surface area contributed by atoms with Gasteiger partial charge in [-0.3, -0.25) is 14.5 Å². The molecule has 118 valence electrons. The van der Waals surface area contributed by atoms with Gasteiger partial charge in [-0.1, -0.05) is 19.1 Å². The van der Waals surface area contributed by atoms with E-state index in [1.165, 1.54) is 0 Å². The highest BCUT2D eigenvalue weighted by Crippen LogP contribution is 2.28. The van der Waals surface area contributed by atoms with Crippen molar-refractivity contribution in [3.8, 4) is 0 Å². The van der Waals surface area contributed by atoms with Crippen LogP contribution in [0.25, 0.3) is 0 Å². The van der Waals surface area contributed by atoms with Crippen molar-refractivity contribution in [3.05, 3.63) is 12.2 Å². The minimum atomic E-state index is -0.851. The molecule has 0 radical (unpaired) electrons. The van der Waals surface area contributed by atoms with Gasteiger partial charge in [-0.25, -0.2) is 0 Å². The van der Waals surface area contributed by atoms with Gasteiger partial charge in [-0.05, 0) is 26.2 Å². The van der Waals surface area contributed by atoms with Gasteiger partial charge in [0.1, 0.15) is 0 Å². The maximum Gasteiger partial charge on any atom is 0.307 e. The van der Waals surface area contributed by atoms with E-state index in [2.05, 4.69) is 18.7 Å². The summed E-state index contributed by atoms with van der Waals surface area (Å²) in [4.78, 5) is 28.2. The van der Waals surface area contributed by atoms with Crippen LogP contribution < -0.4 is 0 Å². The predicted molar refractivity (Wildman–Crippen MR) is 80.9 cm³/mol. The molecule has 5 nitrogen and oxygen atoms in total. The van der Waals surface area contributed by atoms with Crippen molar-refractivity contribution in [2.75, 3.05) is 26.2 Å². The third-order valence-electron chi connectivity index (χ3n) is 4.91. The number of aliphatic carboxylic acids is 1. The Bertz CT molecular complexity index is 414. The van der Waals surface area contributed by atoms with Gasteiger partial charge in [0.25, 0.3) is 0 Å². The highest BCUT2D eigenvalue weighted by Gasteiger charge is 2.37. The van der Waals surface area contributed by atoms with Gasteiger partial charge >= 0.3 is 5.97 Å². The fourth-order valence-electron chi connectivity index (χ4n) is 3.24. The fraction of sp³-hybridized carbons (Fsp3) is 0.750. The molecule has 1 aliphatic carbocycles. The Hall–Kier alpha value is -1.36. The lowest BCUT2D eigenvalue weighted by Gasteiger charge is -2.40. The van der Waals surface area contributed by atoms with E-state index in [4.69, 9.17) is 0 Å². The van der Waals surface area contributed by atoms with Crippen LogP contribution in [0.3, 0.4) is 0 Å². The number of carbonyl (C=O) groups is 2. The minimum Gasteiger partial charge on any atom is -0.481 e. The number of hydrogen-bond donors (Lipinski definition) is 1. The fourth-order valence-corrected chi connectivity index (χ4v) is 3.24. The van der Waals surface area contributed by atoms with Crippen molar-refractivity contribution in [2.45, 2.75) is 39.2 Å². The number of amides is 1. The lowest BCUT2D eigenvalue weighted by Crippen LogP contribution is -2.53. The molecule has 2 aliphatic rings. The van der Waals surface area contributed by atoms with E-state index in [9.17, 15) is 14.7 Å². The summed E-state index contributed by atoms with van der Waals surface area (Å²) in [6, 6.07) is 0.548. The molecule has 1 aliphatic heterocycles. The summed E-state index contributed by atoms with van der Waals surface area (Å²) in [5.74, 6) is -1.77. The van der Waals surface area contributed by atoms with Crippen molar-refractivity contribution in [1.29, 1.82) is 0 Å². The van der Waals surface area contributed by atoms with Gasteiger partial charge in [0.2, 0.25) is 5.91 Å². The lowest BCUT2D eigenvalue weighted by atomic mass is 9.82. The third kappa shape index (κ3) is 3.64. The molecule has 2 rings (SSSR count). The molecule has 1 heterocycles. The first kappa shape index (κ1) is 16.0. The molecule has 0 aromatic rings. The Labute approximate surface area is 126 Å². The van der Waals surface area contributed by atoms with E-state index >= 15 is 0 Å². The van der Waals surface area contributed by atoms with Crippen molar-refractivity contribution in [2.24, 2.45) is 11.8 Å². The molecule has 0 spiro atoms. The molecule has 1 saturated heterocycles. The quantitative estimate of drug-likeness (QED) is 0.800. The number of hydrogen-bond acceptors (Lipinski definition) is 3. The van der Waals surface area contributed by atoms with Gasteiger partial charge in [-0.15, -0.1) is 0 Å². The van der Waals surface area contributed by atoms with Crippen molar-refractivity contribution >= 4 is 11.9 Å². The van der Waals surface area contributed by atoms with E-state index < -0.39 is 11.9 Å². The maximum absolute atomic E-state index is 12.6. The van der Waals surface area contributed by atoms with Crippen LogP contribution in [0.1, 0.15) is 33.1 Å². The van der Waals surface area contributed by atoms with E-state index in [0.29, 0.717) is 18.9 Å². The maximum atomic E-state index is 12.6. The summed E-state index contributed by atoms with van der Waals surface area (Å²) in [7, 11) is 0. The molecule has 3 unspecified atom stereocenters. The van der Waals surface area contributed by atoms with E-state index in [1.807, 2.05) is 17.1 Å². The summed E-state index contributed by atoms with van der Waals surface area (Å²) < 4.78 is 0. The second kappa shape index (κ2) is 7.07. The Morgan fingerprint density at radius 2 is 1.71 bits per heavy atom. The molecule has 0 saturated carbocycles. The molecular formula is C16H26N2O3. The van der Waals surface area contributed by atoms with Crippen molar-refractivity contribution < 1.29 is 14.7 Å². The highest BCUT2D eigenvalue weighted by molar-refractivity contribution is 5.85. The summed E-state index contributed by atoms with van der Waals surface area (Å²) >= 11 is 0. The molecule has 1 amide bonds. The second-order valence-corrected chi connectivity index (χ2v) is 6.11. The first-order valence-corrected chi connectivity index (χ1v) is 7.95. The predicted octanol–water partition coefficient (Wildman–Crippen LogP) is 1.60. The normalized spacial score (nSPS) is 28.4. The average molecular weight is 294 g/mol.